The predicted molar refractivity (Wildman–Crippen MR) is 104 cm³/mol. The number of imide groups is 1. The second kappa shape index (κ2) is 7.57. The van der Waals surface area contributed by atoms with Gasteiger partial charge in [-0.1, -0.05) is 0 Å². The van der Waals surface area contributed by atoms with Crippen molar-refractivity contribution >= 4 is 17.8 Å². The average Bonchev–Trinajstić information content (AvgIpc) is 3.52. The van der Waals surface area contributed by atoms with Crippen LogP contribution in [0.5, 0.6) is 11.5 Å². The van der Waals surface area contributed by atoms with Crippen LogP contribution in [0, 0.1) is 5.92 Å². The first kappa shape index (κ1) is 19.5. The van der Waals surface area contributed by atoms with Crippen molar-refractivity contribution in [1.29, 1.82) is 0 Å². The van der Waals surface area contributed by atoms with Gasteiger partial charge < -0.3 is 19.7 Å². The van der Waals surface area contributed by atoms with Gasteiger partial charge in [-0.3, -0.25) is 14.9 Å². The number of rotatable bonds is 6. The summed E-state index contributed by atoms with van der Waals surface area (Å²) in [5, 5.41) is 5.07. The summed E-state index contributed by atoms with van der Waals surface area (Å²) in [5.41, 5.74) is 0.0793. The van der Waals surface area contributed by atoms with Crippen LogP contribution in [-0.2, 0) is 16.1 Å². The Labute approximate surface area is 169 Å². The Morgan fingerprint density at radius 1 is 1.14 bits per heavy atom. The molecule has 2 saturated carbocycles. The van der Waals surface area contributed by atoms with Crippen LogP contribution in [0.25, 0.3) is 0 Å². The number of carbonyl (C=O) groups excluding carboxylic acids is 3. The predicted octanol–water partition coefficient (Wildman–Crippen LogP) is 1.96. The molecule has 0 unspecified atom stereocenters. The highest BCUT2D eigenvalue weighted by atomic mass is 16.5. The van der Waals surface area contributed by atoms with Crippen molar-refractivity contribution < 1.29 is 23.9 Å². The van der Waals surface area contributed by atoms with Crippen LogP contribution in [0.3, 0.4) is 0 Å². The van der Waals surface area contributed by atoms with E-state index in [-0.39, 0.29) is 23.8 Å². The lowest BCUT2D eigenvalue weighted by atomic mass is 9.76. The molecule has 8 heteroatoms. The molecule has 3 aliphatic rings. The van der Waals surface area contributed by atoms with Gasteiger partial charge in [-0.2, -0.15) is 0 Å². The molecule has 1 spiro atoms. The summed E-state index contributed by atoms with van der Waals surface area (Å²) in [7, 11) is 3.24. The van der Waals surface area contributed by atoms with Crippen LogP contribution >= 0.6 is 0 Å². The molecule has 0 aromatic heterocycles. The Hall–Kier alpha value is -2.77. The molecule has 1 aromatic rings. The summed E-state index contributed by atoms with van der Waals surface area (Å²) >= 11 is 0. The molecule has 4 amide bonds. The second-order valence-electron chi connectivity index (χ2n) is 8.14. The molecule has 1 aromatic carbocycles. The maximum Gasteiger partial charge on any atom is 0.322 e. The number of urea groups is 1. The second-order valence-corrected chi connectivity index (χ2v) is 8.14. The SMILES string of the molecule is COc1ccc(OC)c(CN(C(=O)C2CCC3(CC2)NC(=O)NC3=O)C2CC2)c1. The molecule has 2 N–H and O–H groups in total. The van der Waals surface area contributed by atoms with Crippen LogP contribution in [0.4, 0.5) is 4.79 Å². The lowest BCUT2D eigenvalue weighted by molar-refractivity contribution is -0.139. The first-order chi connectivity index (χ1) is 14.0. The molecule has 1 saturated heterocycles. The Balaban J connectivity index is 1.47. The highest BCUT2D eigenvalue weighted by Crippen LogP contribution is 2.38. The van der Waals surface area contributed by atoms with Crippen molar-refractivity contribution in [2.75, 3.05) is 14.2 Å². The first-order valence-corrected chi connectivity index (χ1v) is 10.1. The maximum absolute atomic E-state index is 13.4. The summed E-state index contributed by atoms with van der Waals surface area (Å²) in [6.07, 6.45) is 4.17. The third-order valence-electron chi connectivity index (χ3n) is 6.30. The highest BCUT2D eigenvalue weighted by Gasteiger charge is 2.49. The maximum atomic E-state index is 13.4. The number of benzene rings is 1. The smallest absolute Gasteiger partial charge is 0.322 e. The van der Waals surface area contributed by atoms with Gasteiger partial charge in [0.05, 0.1) is 14.2 Å². The zero-order valence-corrected chi connectivity index (χ0v) is 16.8. The molecule has 0 atom stereocenters. The van der Waals surface area contributed by atoms with E-state index in [1.165, 1.54) is 0 Å². The van der Waals surface area contributed by atoms with E-state index in [0.717, 1.165) is 29.9 Å². The van der Waals surface area contributed by atoms with E-state index in [1.54, 1.807) is 14.2 Å². The summed E-state index contributed by atoms with van der Waals surface area (Å²) < 4.78 is 10.8. The minimum atomic E-state index is -0.839. The van der Waals surface area contributed by atoms with E-state index in [4.69, 9.17) is 9.47 Å². The van der Waals surface area contributed by atoms with Crippen LogP contribution in [-0.4, -0.2) is 48.5 Å². The van der Waals surface area contributed by atoms with E-state index in [9.17, 15) is 14.4 Å². The van der Waals surface area contributed by atoms with Gasteiger partial charge in [-0.25, -0.2) is 4.79 Å². The van der Waals surface area contributed by atoms with Crippen molar-refractivity contribution in [1.82, 2.24) is 15.5 Å². The summed E-state index contributed by atoms with van der Waals surface area (Å²) in [6, 6.07) is 5.42. The molecule has 156 valence electrons. The van der Waals surface area contributed by atoms with Gasteiger partial charge in [0, 0.05) is 24.1 Å². The standard InChI is InChI=1S/C21H27N3O5/c1-28-16-5-6-17(29-2)14(11-16)12-24(15-3-4-15)18(25)13-7-9-21(10-8-13)19(26)22-20(27)23-21/h5-6,11,13,15H,3-4,7-10,12H2,1-2H3,(H2,22,23,26,27). The van der Waals surface area contributed by atoms with E-state index >= 15 is 0 Å². The molecule has 1 aliphatic heterocycles. The van der Waals surface area contributed by atoms with Gasteiger partial charge in [0.2, 0.25) is 5.91 Å². The summed E-state index contributed by atoms with van der Waals surface area (Å²) in [4.78, 5) is 39.0. The van der Waals surface area contributed by atoms with Crippen molar-refractivity contribution in [3.8, 4) is 11.5 Å². The Morgan fingerprint density at radius 3 is 2.41 bits per heavy atom. The number of ether oxygens (including phenoxy) is 2. The van der Waals surface area contributed by atoms with Gasteiger partial charge in [0.15, 0.2) is 0 Å². The molecule has 4 rings (SSSR count). The van der Waals surface area contributed by atoms with Gasteiger partial charge in [0.25, 0.3) is 5.91 Å². The third-order valence-corrected chi connectivity index (χ3v) is 6.30. The Kier molecular flexibility index (Phi) is 5.10. The lowest BCUT2D eigenvalue weighted by Crippen LogP contribution is -2.51. The number of hydrogen-bond donors (Lipinski definition) is 2. The van der Waals surface area contributed by atoms with Gasteiger partial charge in [0.1, 0.15) is 17.0 Å². The number of carbonyl (C=O) groups is 3. The normalized spacial score (nSPS) is 26.1. The van der Waals surface area contributed by atoms with Crippen molar-refractivity contribution in [2.45, 2.75) is 56.7 Å². The molecule has 0 radical (unpaired) electrons. The largest absolute Gasteiger partial charge is 0.497 e. The minimum Gasteiger partial charge on any atom is -0.497 e. The molecule has 29 heavy (non-hydrogen) atoms. The molecule has 2 aliphatic carbocycles. The van der Waals surface area contributed by atoms with E-state index in [2.05, 4.69) is 10.6 Å². The lowest BCUT2D eigenvalue weighted by Gasteiger charge is -2.36. The fourth-order valence-electron chi connectivity index (χ4n) is 4.43. The number of methoxy groups -OCH3 is 2. The fourth-order valence-corrected chi connectivity index (χ4v) is 4.43. The van der Waals surface area contributed by atoms with Crippen molar-refractivity contribution in [3.05, 3.63) is 23.8 Å². The van der Waals surface area contributed by atoms with Gasteiger partial charge in [-0.15, -0.1) is 0 Å². The van der Waals surface area contributed by atoms with Gasteiger partial charge in [-0.05, 0) is 56.7 Å². The van der Waals surface area contributed by atoms with Crippen LogP contribution in [0.15, 0.2) is 18.2 Å². The monoisotopic (exact) mass is 401 g/mol. The quantitative estimate of drug-likeness (QED) is 0.711. The topological polar surface area (TPSA) is 97.0 Å². The van der Waals surface area contributed by atoms with Crippen LogP contribution in [0.1, 0.15) is 44.1 Å². The Morgan fingerprint density at radius 2 is 1.86 bits per heavy atom. The molecular formula is C21H27N3O5. The van der Waals surface area contributed by atoms with Crippen LogP contribution < -0.4 is 20.1 Å². The number of nitrogens with one attached hydrogen (secondary N) is 2. The zero-order chi connectivity index (χ0) is 20.6. The van der Waals surface area contributed by atoms with E-state index in [0.29, 0.717) is 32.2 Å². The van der Waals surface area contributed by atoms with Crippen molar-refractivity contribution in [2.24, 2.45) is 5.92 Å². The van der Waals surface area contributed by atoms with Gasteiger partial charge >= 0.3 is 6.03 Å². The third kappa shape index (κ3) is 3.75. The minimum absolute atomic E-state index is 0.122. The van der Waals surface area contributed by atoms with Crippen molar-refractivity contribution in [3.63, 3.8) is 0 Å². The van der Waals surface area contributed by atoms with E-state index in [1.807, 2.05) is 23.1 Å². The zero-order valence-electron chi connectivity index (χ0n) is 16.8. The number of nitrogens with zero attached hydrogens (tertiary/aromatic N) is 1. The molecular weight excluding hydrogens is 374 g/mol. The highest BCUT2D eigenvalue weighted by molar-refractivity contribution is 6.07. The number of amides is 4. The number of hydrogen-bond acceptors (Lipinski definition) is 5. The first-order valence-electron chi connectivity index (χ1n) is 10.1. The van der Waals surface area contributed by atoms with E-state index < -0.39 is 11.6 Å². The average molecular weight is 401 g/mol. The summed E-state index contributed by atoms with van der Waals surface area (Å²) in [6.45, 7) is 0.475. The molecule has 8 nitrogen and oxygen atoms in total. The Bertz CT molecular complexity index is 828. The molecule has 0 bridgehead atoms. The van der Waals surface area contributed by atoms with Crippen LogP contribution in [0.2, 0.25) is 0 Å². The summed E-state index contributed by atoms with van der Waals surface area (Å²) in [5.74, 6) is 1.18. The molecule has 1 heterocycles. The molecule has 3 fully saturated rings. The fraction of sp³-hybridized carbons (Fsp3) is 0.571.